The van der Waals surface area contributed by atoms with Gasteiger partial charge in [-0.15, -0.1) is 0 Å². The first-order valence-electron chi connectivity index (χ1n) is 4.61. The molecule has 0 aromatic heterocycles. The van der Waals surface area contributed by atoms with Crippen LogP contribution < -0.4 is 5.46 Å². The summed E-state index contributed by atoms with van der Waals surface area (Å²) in [6.07, 6.45) is 2.12. The third kappa shape index (κ3) is 1.61. The zero-order valence-corrected chi connectivity index (χ0v) is 8.05. The molecule has 1 aliphatic heterocycles. The number of hydrogen-bond donors (Lipinski definition) is 0. The first-order chi connectivity index (χ1) is 6.16. The third-order valence-corrected chi connectivity index (χ3v) is 2.73. The maximum atomic E-state index is 13.2. The number of rotatable bonds is 1. The van der Waals surface area contributed by atoms with Gasteiger partial charge in [0, 0.05) is 0 Å². The van der Waals surface area contributed by atoms with Gasteiger partial charge in [-0.05, 0) is 38.5 Å². The fourth-order valence-corrected chi connectivity index (χ4v) is 1.77. The Bertz CT molecular complexity index is 321. The molecule has 0 amide bonds. The van der Waals surface area contributed by atoms with Crippen LogP contribution in [0.15, 0.2) is 18.2 Å². The van der Waals surface area contributed by atoms with Crippen LogP contribution in [0.3, 0.4) is 0 Å². The van der Waals surface area contributed by atoms with Crippen LogP contribution in [0.1, 0.15) is 5.56 Å². The van der Waals surface area contributed by atoms with Gasteiger partial charge in [0.2, 0.25) is 6.71 Å². The Morgan fingerprint density at radius 1 is 1.38 bits per heavy atom. The highest BCUT2D eigenvalue weighted by Gasteiger charge is 2.29. The normalized spacial score (nSPS) is 17.3. The molecule has 0 aliphatic carbocycles. The molecule has 0 unspecified atom stereocenters. The van der Waals surface area contributed by atoms with E-state index in [4.69, 9.17) is 0 Å². The average molecular weight is 177 g/mol. The number of nitrogens with zero attached hydrogens (tertiary/aromatic N) is 1. The summed E-state index contributed by atoms with van der Waals surface area (Å²) in [7, 11) is 2.08. The van der Waals surface area contributed by atoms with Gasteiger partial charge in [0.1, 0.15) is 5.82 Å². The van der Waals surface area contributed by atoms with Gasteiger partial charge in [-0.25, -0.2) is 4.39 Å². The summed E-state index contributed by atoms with van der Waals surface area (Å²) in [4.78, 5) is 2.24. The van der Waals surface area contributed by atoms with Gasteiger partial charge < -0.3 is 4.90 Å². The number of halogens is 1. The van der Waals surface area contributed by atoms with Crippen LogP contribution in [-0.2, 0) is 0 Å². The first kappa shape index (κ1) is 8.76. The quantitative estimate of drug-likeness (QED) is 0.575. The molecule has 1 saturated heterocycles. The lowest BCUT2D eigenvalue weighted by molar-refractivity contribution is 0.396. The maximum absolute atomic E-state index is 13.2. The minimum absolute atomic E-state index is 0.0768. The summed E-state index contributed by atoms with van der Waals surface area (Å²) in [6.45, 7) is 2.34. The molecule has 0 atom stereocenters. The second kappa shape index (κ2) is 3.15. The van der Waals surface area contributed by atoms with Crippen molar-refractivity contribution < 1.29 is 4.39 Å². The van der Waals surface area contributed by atoms with Crippen molar-refractivity contribution in [2.45, 2.75) is 6.92 Å². The summed E-state index contributed by atoms with van der Waals surface area (Å²) in [6, 6.07) is 5.58. The Balaban J connectivity index is 2.18. The van der Waals surface area contributed by atoms with Crippen LogP contribution in [0.4, 0.5) is 4.39 Å². The monoisotopic (exact) mass is 177 g/mol. The molecule has 0 bridgehead atoms. The molecule has 2 rings (SSSR count). The minimum Gasteiger partial charge on any atom is -0.320 e. The Morgan fingerprint density at radius 3 is 2.62 bits per heavy atom. The lowest BCUT2D eigenvalue weighted by atomic mass is 9.39. The molecule has 0 spiro atoms. The van der Waals surface area contributed by atoms with Crippen molar-refractivity contribution in [2.24, 2.45) is 0 Å². The standard InChI is InChI=1S/C10H13BFN/c1-8-3-4-9(5-10(8)12)11-6-13(2)7-11/h3-5H,6-7H2,1-2H3. The van der Waals surface area contributed by atoms with E-state index in [1.54, 1.807) is 13.0 Å². The van der Waals surface area contributed by atoms with E-state index in [1.165, 1.54) is 0 Å². The van der Waals surface area contributed by atoms with E-state index in [0.717, 1.165) is 23.9 Å². The molecule has 3 heteroatoms. The Kier molecular flexibility index (Phi) is 2.12. The topological polar surface area (TPSA) is 3.24 Å². The summed E-state index contributed by atoms with van der Waals surface area (Å²) >= 11 is 0. The van der Waals surface area contributed by atoms with Crippen LogP contribution in [0.2, 0.25) is 0 Å². The molecule has 1 aromatic rings. The molecule has 1 fully saturated rings. The van der Waals surface area contributed by atoms with Crippen molar-refractivity contribution >= 4 is 12.2 Å². The van der Waals surface area contributed by atoms with Gasteiger partial charge in [-0.3, -0.25) is 0 Å². The fourth-order valence-electron chi connectivity index (χ4n) is 1.77. The number of hydrogen-bond acceptors (Lipinski definition) is 1. The molecule has 1 aliphatic rings. The van der Waals surface area contributed by atoms with Crippen molar-refractivity contribution in [1.82, 2.24) is 4.90 Å². The maximum Gasteiger partial charge on any atom is 0.205 e. The molecule has 13 heavy (non-hydrogen) atoms. The first-order valence-corrected chi connectivity index (χ1v) is 4.61. The van der Waals surface area contributed by atoms with Gasteiger partial charge in [0.25, 0.3) is 0 Å². The van der Waals surface area contributed by atoms with E-state index in [2.05, 4.69) is 11.9 Å². The van der Waals surface area contributed by atoms with E-state index in [0.29, 0.717) is 6.71 Å². The zero-order chi connectivity index (χ0) is 9.42. The van der Waals surface area contributed by atoms with E-state index in [-0.39, 0.29) is 5.82 Å². The van der Waals surface area contributed by atoms with Crippen molar-refractivity contribution in [3.8, 4) is 0 Å². The second-order valence-corrected chi connectivity index (χ2v) is 3.93. The van der Waals surface area contributed by atoms with Gasteiger partial charge >= 0.3 is 0 Å². The van der Waals surface area contributed by atoms with Crippen LogP contribution >= 0.6 is 0 Å². The predicted molar refractivity (Wildman–Crippen MR) is 54.0 cm³/mol. The SMILES string of the molecule is Cc1ccc(B2CN(C)C2)cc1F. The molecule has 1 heterocycles. The number of aryl methyl sites for hydroxylation is 1. The molecular weight excluding hydrogens is 164 g/mol. The van der Waals surface area contributed by atoms with Crippen molar-refractivity contribution in [1.29, 1.82) is 0 Å². The highest BCUT2D eigenvalue weighted by Crippen LogP contribution is 2.07. The van der Waals surface area contributed by atoms with Crippen LogP contribution in [0, 0.1) is 12.7 Å². The largest absolute Gasteiger partial charge is 0.320 e. The molecule has 1 nitrogen and oxygen atoms in total. The second-order valence-electron chi connectivity index (χ2n) is 3.93. The van der Waals surface area contributed by atoms with Gasteiger partial charge in [0.05, 0.1) is 0 Å². The lowest BCUT2D eigenvalue weighted by Gasteiger charge is -2.34. The molecule has 0 radical (unpaired) electrons. The van der Waals surface area contributed by atoms with Crippen molar-refractivity contribution in [3.05, 3.63) is 29.6 Å². The predicted octanol–water partition coefficient (Wildman–Crippen LogP) is 0.860. The lowest BCUT2D eigenvalue weighted by Crippen LogP contribution is -2.59. The summed E-state index contributed by atoms with van der Waals surface area (Å²) in [5, 5.41) is 0. The highest BCUT2D eigenvalue weighted by atomic mass is 19.1. The van der Waals surface area contributed by atoms with Gasteiger partial charge in [-0.1, -0.05) is 17.6 Å². The van der Waals surface area contributed by atoms with Crippen LogP contribution in [0.5, 0.6) is 0 Å². The molecular formula is C10H13BFN. The van der Waals surface area contributed by atoms with E-state index >= 15 is 0 Å². The third-order valence-electron chi connectivity index (χ3n) is 2.73. The smallest absolute Gasteiger partial charge is 0.205 e. The van der Waals surface area contributed by atoms with E-state index in [9.17, 15) is 4.39 Å². The zero-order valence-electron chi connectivity index (χ0n) is 8.05. The van der Waals surface area contributed by atoms with E-state index < -0.39 is 0 Å². The Morgan fingerprint density at radius 2 is 2.08 bits per heavy atom. The average Bonchev–Trinajstić information content (AvgIpc) is 2.05. The molecule has 0 N–H and O–H groups in total. The number of benzene rings is 1. The highest BCUT2D eigenvalue weighted by molar-refractivity contribution is 6.75. The molecule has 68 valence electrons. The minimum atomic E-state index is -0.0768. The Labute approximate surface area is 78.6 Å². The van der Waals surface area contributed by atoms with Crippen molar-refractivity contribution in [2.75, 3.05) is 19.9 Å². The Hall–Kier alpha value is -0.825. The fraction of sp³-hybridized carbons (Fsp3) is 0.400. The van der Waals surface area contributed by atoms with Crippen LogP contribution in [-0.4, -0.2) is 31.5 Å². The van der Waals surface area contributed by atoms with Gasteiger partial charge in [0.15, 0.2) is 0 Å². The molecule has 0 saturated carbocycles. The summed E-state index contributed by atoms with van der Waals surface area (Å²) < 4.78 is 13.2. The summed E-state index contributed by atoms with van der Waals surface area (Å²) in [5.74, 6) is -0.0768. The summed E-state index contributed by atoms with van der Waals surface area (Å²) in [5.41, 5.74) is 1.87. The van der Waals surface area contributed by atoms with Gasteiger partial charge in [-0.2, -0.15) is 0 Å². The van der Waals surface area contributed by atoms with E-state index in [1.807, 2.05) is 12.1 Å². The molecule has 1 aromatic carbocycles. The van der Waals surface area contributed by atoms with Crippen LogP contribution in [0.25, 0.3) is 0 Å². The van der Waals surface area contributed by atoms with Crippen molar-refractivity contribution in [3.63, 3.8) is 0 Å².